The van der Waals surface area contributed by atoms with Crippen molar-refractivity contribution in [1.82, 2.24) is 0 Å². The van der Waals surface area contributed by atoms with E-state index in [1.54, 1.807) is 0 Å². The van der Waals surface area contributed by atoms with E-state index in [-0.39, 0.29) is 0 Å². The van der Waals surface area contributed by atoms with Gasteiger partial charge in [-0.15, -0.1) is 0 Å². The minimum Gasteiger partial charge on any atom is -0.0882 e. The van der Waals surface area contributed by atoms with Crippen LogP contribution in [0.15, 0.2) is 481 Å². The molecule has 0 N–H and O–H groups in total. The summed E-state index contributed by atoms with van der Waals surface area (Å²) in [6.45, 7) is 0. The molecular formula is C96H60S12. The molecule has 0 aliphatic heterocycles. The van der Waals surface area contributed by atoms with Gasteiger partial charge in [0.15, 0.2) is 0 Å². The summed E-state index contributed by atoms with van der Waals surface area (Å²) in [5, 5.41) is 15.3. The monoisotopic (exact) mass is 1600 g/mol. The lowest BCUT2D eigenvalue weighted by Gasteiger charge is -2.34. The average molecular weight is 1600 g/mol. The summed E-state index contributed by atoms with van der Waals surface area (Å²) in [5.74, 6) is 0. The maximum Gasteiger partial charge on any atom is 0.0359 e. The Labute approximate surface area is 680 Å². The van der Waals surface area contributed by atoms with E-state index in [1.165, 1.54) is 182 Å². The van der Waals surface area contributed by atoms with Crippen LogP contribution < -0.4 is 0 Å². The first-order valence-corrected chi connectivity index (χ1v) is 45.1. The molecule has 0 aliphatic rings. The summed E-state index contributed by atoms with van der Waals surface area (Å²) in [6, 6.07) is 135. The summed E-state index contributed by atoms with van der Waals surface area (Å²) in [5.41, 5.74) is 0. The fraction of sp³-hybridized carbons (Fsp3) is 0. The van der Waals surface area contributed by atoms with E-state index in [4.69, 9.17) is 0 Å². The molecule has 0 nitrogen and oxygen atoms in total. The first-order chi connectivity index (χ1) is 53.6. The Hall–Kier alpha value is -8.28. The van der Waals surface area contributed by atoms with Crippen molar-refractivity contribution in [2.24, 2.45) is 0 Å². The lowest BCUT2D eigenvalue weighted by molar-refractivity contribution is 1.17. The van der Waals surface area contributed by atoms with Gasteiger partial charge in [-0.2, -0.15) is 0 Å². The lowest BCUT2D eigenvalue weighted by Crippen LogP contribution is -2.05. The third kappa shape index (κ3) is 14.0. The lowest BCUT2D eigenvalue weighted by atomic mass is 9.82. The fourth-order valence-electron chi connectivity index (χ4n) is 14.0. The molecule has 0 radical (unpaired) electrons. The van der Waals surface area contributed by atoms with Gasteiger partial charge in [0.1, 0.15) is 0 Å². The fourth-order valence-corrected chi connectivity index (χ4v) is 28.3. The van der Waals surface area contributed by atoms with E-state index in [9.17, 15) is 0 Å². The van der Waals surface area contributed by atoms with Crippen LogP contribution in [0.25, 0.3) is 64.6 Å². The van der Waals surface area contributed by atoms with Gasteiger partial charge in [0.05, 0.1) is 0 Å². The van der Waals surface area contributed by atoms with E-state index < -0.39 is 0 Å². The molecule has 0 atom stereocenters. The molecular weight excluding hydrogens is 1540 g/mol. The van der Waals surface area contributed by atoms with Crippen molar-refractivity contribution in [3.05, 3.63) is 364 Å². The van der Waals surface area contributed by atoms with Gasteiger partial charge < -0.3 is 0 Å². The van der Waals surface area contributed by atoms with Gasteiger partial charge >= 0.3 is 0 Å². The highest BCUT2D eigenvalue weighted by molar-refractivity contribution is 8.06. The predicted octanol–water partition coefficient (Wildman–Crippen LogP) is 32.7. The maximum absolute atomic E-state index is 2.32. The van der Waals surface area contributed by atoms with Crippen LogP contribution in [-0.2, 0) is 0 Å². The Kier molecular flexibility index (Phi) is 20.8. The number of rotatable bonds is 24. The van der Waals surface area contributed by atoms with Gasteiger partial charge in [-0.3, -0.25) is 0 Å². The second-order valence-corrected chi connectivity index (χ2v) is 38.4. The Bertz CT molecular complexity index is 4970. The van der Waals surface area contributed by atoms with Gasteiger partial charge in [0.25, 0.3) is 0 Å². The van der Waals surface area contributed by atoms with Crippen LogP contribution in [0.2, 0.25) is 0 Å². The van der Waals surface area contributed by atoms with Crippen LogP contribution >= 0.6 is 141 Å². The van der Waals surface area contributed by atoms with Crippen molar-refractivity contribution in [2.45, 2.75) is 117 Å². The molecule has 0 unspecified atom stereocenters. The van der Waals surface area contributed by atoms with Crippen molar-refractivity contribution >= 4 is 206 Å². The highest BCUT2D eigenvalue weighted by Crippen LogP contribution is 2.69. The number of benzene rings is 19. The molecule has 0 fully saturated rings. The van der Waals surface area contributed by atoms with Crippen molar-refractivity contribution in [2.75, 3.05) is 0 Å². The van der Waals surface area contributed by atoms with Crippen LogP contribution in [0.3, 0.4) is 0 Å². The zero-order valence-corrected chi connectivity index (χ0v) is 67.3. The smallest absolute Gasteiger partial charge is 0.0359 e. The molecule has 0 saturated carbocycles. The van der Waals surface area contributed by atoms with E-state index >= 15 is 0 Å². The van der Waals surface area contributed by atoms with Gasteiger partial charge in [-0.25, -0.2) is 0 Å². The summed E-state index contributed by atoms with van der Waals surface area (Å²) >= 11 is 23.1. The summed E-state index contributed by atoms with van der Waals surface area (Å²) in [7, 11) is 0. The van der Waals surface area contributed by atoms with Gasteiger partial charge in [-0.05, 0) is 146 Å². The molecule has 0 saturated heterocycles. The molecule has 0 aliphatic carbocycles. The molecule has 0 heterocycles. The zero-order valence-electron chi connectivity index (χ0n) is 57.5. The van der Waals surface area contributed by atoms with E-state index in [0.717, 1.165) is 0 Å². The van der Waals surface area contributed by atoms with Crippen molar-refractivity contribution < 1.29 is 0 Å². The molecule has 0 amide bonds. The first kappa shape index (κ1) is 70.1. The van der Waals surface area contributed by atoms with E-state index in [2.05, 4.69) is 364 Å². The Morgan fingerprint density at radius 1 is 0.0833 bits per heavy atom. The molecule has 516 valence electrons. The van der Waals surface area contributed by atoms with Crippen molar-refractivity contribution in [1.29, 1.82) is 0 Å². The number of hydrogen-bond donors (Lipinski definition) is 0. The van der Waals surface area contributed by atoms with Crippen molar-refractivity contribution in [3.8, 4) is 0 Å². The second kappa shape index (κ2) is 32.0. The van der Waals surface area contributed by atoms with Crippen LogP contribution in [0.5, 0.6) is 0 Å². The molecule has 108 heavy (non-hydrogen) atoms. The summed E-state index contributed by atoms with van der Waals surface area (Å²) in [4.78, 5) is 28.9. The minimum atomic E-state index is 1.17. The molecule has 19 rings (SSSR count). The molecule has 0 aromatic heterocycles. The Balaban J connectivity index is 1.19. The maximum atomic E-state index is 2.32. The largest absolute Gasteiger partial charge is 0.0882 e. The standard InChI is InChI=1S/C96H60S12/c1-13-37-61(38-14-1)97-85-79-73-74-76-78-77-75(73)81(89(101-65-45-21-5-22-46-65)87(79)99-63-41-17-3-18-42-63)91(103-67-49-25-7-26-50-67)93(105-69-53-29-9-30-54-69)83(77)94(106-70-55-31-10-32-56-70)96(108-72-59-35-12-36-60-72)84(78)95(107-71-57-33-11-34-58-71)92(104-68-51-27-8-28-52-68)82(76)90(102-66-47-23-6-24-48-66)88(100-64-43-19-4-20-44-64)80(74)86(85)98-62-39-15-2-16-40-62/h1-60H. The van der Waals surface area contributed by atoms with Gasteiger partial charge in [0.2, 0.25) is 0 Å². The van der Waals surface area contributed by atoms with Crippen LogP contribution in [0, 0.1) is 0 Å². The van der Waals surface area contributed by atoms with E-state index in [1.807, 2.05) is 141 Å². The molecule has 19 aromatic carbocycles. The van der Waals surface area contributed by atoms with Crippen molar-refractivity contribution in [3.63, 3.8) is 0 Å². The summed E-state index contributed by atoms with van der Waals surface area (Å²) in [6.07, 6.45) is 0. The van der Waals surface area contributed by atoms with Gasteiger partial charge in [0, 0.05) is 182 Å². The van der Waals surface area contributed by atoms with Crippen LogP contribution in [0.1, 0.15) is 0 Å². The highest BCUT2D eigenvalue weighted by atomic mass is 32.2. The number of hydrogen-bond acceptors (Lipinski definition) is 12. The first-order valence-electron chi connectivity index (χ1n) is 35.3. The molecule has 12 heteroatoms. The van der Waals surface area contributed by atoms with E-state index in [0.29, 0.717) is 0 Å². The zero-order chi connectivity index (χ0) is 71.7. The second-order valence-electron chi connectivity index (χ2n) is 25.4. The summed E-state index contributed by atoms with van der Waals surface area (Å²) < 4.78 is 0. The third-order valence-electron chi connectivity index (χ3n) is 18.5. The minimum absolute atomic E-state index is 1.17. The Morgan fingerprint density at radius 2 is 0.157 bits per heavy atom. The molecule has 0 bridgehead atoms. The predicted molar refractivity (Wildman–Crippen MR) is 472 cm³/mol. The molecule has 19 aromatic rings. The molecule has 0 spiro atoms. The normalized spacial score (nSPS) is 11.8. The van der Waals surface area contributed by atoms with Crippen LogP contribution in [-0.4, -0.2) is 0 Å². The Morgan fingerprint density at radius 3 is 0.231 bits per heavy atom. The topological polar surface area (TPSA) is 0 Å². The van der Waals surface area contributed by atoms with Gasteiger partial charge in [-0.1, -0.05) is 360 Å². The van der Waals surface area contributed by atoms with Crippen LogP contribution in [0.4, 0.5) is 0 Å². The third-order valence-corrected chi connectivity index (χ3v) is 32.7. The average Bonchev–Trinajstić information content (AvgIpc) is 0.650. The SMILES string of the molecule is c1ccc(Sc2c(Sc3ccccc3)c3c(Sc4ccccc4)c(Sc4ccccc4)c4c(Sc5ccccc5)c(Sc5ccccc5)c5c(Sc6ccccc6)c(Sc6ccccc6)c6c(Sc7ccccc7)c(Sc7ccccc7)c7c(Sc8ccccc8)c(Sc8ccccc8)c2c2c3c4c5c6c72)cc1. The quantitative estimate of drug-likeness (QED) is 0.0418. The highest BCUT2D eigenvalue weighted by Gasteiger charge is 2.40.